The lowest BCUT2D eigenvalue weighted by Gasteiger charge is -2.32. The lowest BCUT2D eigenvalue weighted by atomic mass is 10.1. The van der Waals surface area contributed by atoms with E-state index in [-0.39, 0.29) is 5.54 Å². The first-order chi connectivity index (χ1) is 6.99. The number of nitrogens with one attached hydrogen (secondary N) is 1. The molecule has 3 heteroatoms. The van der Waals surface area contributed by atoms with Gasteiger partial charge in [-0.2, -0.15) is 0 Å². The molecule has 1 aliphatic rings. The fraction of sp³-hybridized carbons (Fsp3) is 1.00. The fourth-order valence-electron chi connectivity index (χ4n) is 1.92. The Bertz CT molecular complexity index is 171. The number of hydrogen-bond donors (Lipinski definition) is 1. The molecule has 1 saturated heterocycles. The molecule has 1 fully saturated rings. The molecule has 0 spiro atoms. The molecule has 15 heavy (non-hydrogen) atoms. The van der Waals surface area contributed by atoms with Crippen LogP contribution in [0.15, 0.2) is 0 Å². The van der Waals surface area contributed by atoms with Gasteiger partial charge in [0.25, 0.3) is 0 Å². The van der Waals surface area contributed by atoms with Gasteiger partial charge in [-0.3, -0.25) is 0 Å². The zero-order valence-electron chi connectivity index (χ0n) is 10.7. The minimum atomic E-state index is 0.233. The molecule has 0 aromatic heterocycles. The summed E-state index contributed by atoms with van der Waals surface area (Å²) in [5.41, 5.74) is 0.233. The maximum atomic E-state index is 5.37. The van der Waals surface area contributed by atoms with Crippen LogP contribution in [0.4, 0.5) is 0 Å². The van der Waals surface area contributed by atoms with E-state index in [9.17, 15) is 0 Å². The van der Waals surface area contributed by atoms with E-state index in [4.69, 9.17) is 4.74 Å². The van der Waals surface area contributed by atoms with Crippen LogP contribution in [0.25, 0.3) is 0 Å². The highest BCUT2D eigenvalue weighted by Crippen LogP contribution is 2.12. The number of ether oxygens (including phenoxy) is 1. The van der Waals surface area contributed by atoms with E-state index in [0.717, 1.165) is 32.3 Å². The highest BCUT2D eigenvalue weighted by Gasteiger charge is 2.18. The van der Waals surface area contributed by atoms with Gasteiger partial charge in [0, 0.05) is 37.9 Å². The van der Waals surface area contributed by atoms with Crippen LogP contribution in [0.2, 0.25) is 0 Å². The van der Waals surface area contributed by atoms with Crippen molar-refractivity contribution >= 4 is 0 Å². The van der Waals surface area contributed by atoms with E-state index in [1.807, 2.05) is 0 Å². The third-order valence-corrected chi connectivity index (χ3v) is 2.93. The van der Waals surface area contributed by atoms with Crippen molar-refractivity contribution in [2.45, 2.75) is 45.2 Å². The molecule has 0 aliphatic carbocycles. The minimum absolute atomic E-state index is 0.233. The molecule has 0 atom stereocenters. The smallest absolute Gasteiger partial charge is 0.0480 e. The first-order valence-corrected chi connectivity index (χ1v) is 6.02. The zero-order valence-corrected chi connectivity index (χ0v) is 10.7. The molecule has 0 aromatic carbocycles. The molecule has 0 radical (unpaired) electrons. The van der Waals surface area contributed by atoms with Crippen LogP contribution in [0, 0.1) is 0 Å². The Morgan fingerprint density at radius 1 is 1.27 bits per heavy atom. The minimum Gasteiger partial charge on any atom is -0.381 e. The molecule has 1 rings (SSSR count). The van der Waals surface area contributed by atoms with Gasteiger partial charge in [0.15, 0.2) is 0 Å². The monoisotopic (exact) mass is 214 g/mol. The number of hydrogen-bond acceptors (Lipinski definition) is 3. The van der Waals surface area contributed by atoms with Crippen molar-refractivity contribution in [1.29, 1.82) is 0 Å². The summed E-state index contributed by atoms with van der Waals surface area (Å²) in [5, 5.41) is 3.52. The van der Waals surface area contributed by atoms with Gasteiger partial charge in [-0.25, -0.2) is 0 Å². The highest BCUT2D eigenvalue weighted by molar-refractivity contribution is 4.75. The summed E-state index contributed by atoms with van der Waals surface area (Å²) >= 11 is 0. The molecule has 0 bridgehead atoms. The lowest BCUT2D eigenvalue weighted by molar-refractivity contribution is 0.0429. The number of rotatable bonds is 4. The summed E-state index contributed by atoms with van der Waals surface area (Å²) in [5.74, 6) is 0. The second kappa shape index (κ2) is 5.83. The van der Waals surface area contributed by atoms with Gasteiger partial charge in [0.2, 0.25) is 0 Å². The largest absolute Gasteiger partial charge is 0.381 e. The Hall–Kier alpha value is -0.120. The van der Waals surface area contributed by atoms with Crippen molar-refractivity contribution in [2.75, 3.05) is 33.4 Å². The summed E-state index contributed by atoms with van der Waals surface area (Å²) in [6.45, 7) is 10.7. The molecule has 90 valence electrons. The Morgan fingerprint density at radius 3 is 2.40 bits per heavy atom. The van der Waals surface area contributed by atoms with Crippen molar-refractivity contribution < 1.29 is 4.74 Å². The lowest BCUT2D eigenvalue weighted by Crippen LogP contribution is -2.44. The topological polar surface area (TPSA) is 24.5 Å². The summed E-state index contributed by atoms with van der Waals surface area (Å²) in [7, 11) is 2.22. The average molecular weight is 214 g/mol. The van der Waals surface area contributed by atoms with Crippen LogP contribution in [-0.4, -0.2) is 49.8 Å². The first kappa shape index (κ1) is 12.9. The third kappa shape index (κ3) is 5.50. The van der Waals surface area contributed by atoms with E-state index in [1.165, 1.54) is 12.8 Å². The molecular weight excluding hydrogens is 188 g/mol. The highest BCUT2D eigenvalue weighted by atomic mass is 16.5. The molecule has 0 saturated carbocycles. The maximum Gasteiger partial charge on any atom is 0.0480 e. The van der Waals surface area contributed by atoms with Crippen molar-refractivity contribution in [1.82, 2.24) is 10.2 Å². The van der Waals surface area contributed by atoms with Crippen molar-refractivity contribution in [3.8, 4) is 0 Å². The molecule has 3 nitrogen and oxygen atoms in total. The SMILES string of the molecule is CN(CCNC(C)(C)C)C1CCOCC1. The van der Waals surface area contributed by atoms with Crippen LogP contribution in [0.3, 0.4) is 0 Å². The van der Waals surface area contributed by atoms with Crippen LogP contribution in [0.1, 0.15) is 33.6 Å². The van der Waals surface area contributed by atoms with Gasteiger partial charge in [-0.15, -0.1) is 0 Å². The van der Waals surface area contributed by atoms with Crippen molar-refractivity contribution in [3.05, 3.63) is 0 Å². The number of likely N-dealkylation sites (N-methyl/N-ethyl adjacent to an activating group) is 1. The van der Waals surface area contributed by atoms with Gasteiger partial charge < -0.3 is 15.0 Å². The fourth-order valence-corrected chi connectivity index (χ4v) is 1.92. The maximum absolute atomic E-state index is 5.37. The zero-order chi connectivity index (χ0) is 11.3. The van der Waals surface area contributed by atoms with Crippen LogP contribution in [0.5, 0.6) is 0 Å². The summed E-state index contributed by atoms with van der Waals surface area (Å²) in [4.78, 5) is 2.46. The number of nitrogens with zero attached hydrogens (tertiary/aromatic N) is 1. The van der Waals surface area contributed by atoms with E-state index in [2.05, 4.69) is 38.0 Å². The second-order valence-corrected chi connectivity index (χ2v) is 5.50. The van der Waals surface area contributed by atoms with E-state index < -0.39 is 0 Å². The predicted molar refractivity (Wildman–Crippen MR) is 64.2 cm³/mol. The third-order valence-electron chi connectivity index (χ3n) is 2.93. The van der Waals surface area contributed by atoms with Crippen molar-refractivity contribution in [2.24, 2.45) is 0 Å². The van der Waals surface area contributed by atoms with E-state index in [0.29, 0.717) is 0 Å². The molecule has 1 heterocycles. The average Bonchev–Trinajstić information content (AvgIpc) is 2.17. The van der Waals surface area contributed by atoms with Crippen LogP contribution >= 0.6 is 0 Å². The van der Waals surface area contributed by atoms with Crippen LogP contribution in [-0.2, 0) is 4.74 Å². The van der Waals surface area contributed by atoms with E-state index >= 15 is 0 Å². The quantitative estimate of drug-likeness (QED) is 0.767. The van der Waals surface area contributed by atoms with Gasteiger partial charge in [-0.05, 0) is 40.7 Å². The molecule has 0 amide bonds. The standard InChI is InChI=1S/C12H26N2O/c1-12(2,3)13-7-8-14(4)11-5-9-15-10-6-11/h11,13H,5-10H2,1-4H3. The summed E-state index contributed by atoms with van der Waals surface area (Å²) < 4.78 is 5.37. The Labute approximate surface area is 94.2 Å². The second-order valence-electron chi connectivity index (χ2n) is 5.50. The Balaban J connectivity index is 2.14. The van der Waals surface area contributed by atoms with Crippen molar-refractivity contribution in [3.63, 3.8) is 0 Å². The summed E-state index contributed by atoms with van der Waals surface area (Å²) in [6.07, 6.45) is 2.37. The molecule has 0 aromatic rings. The Kier molecular flexibility index (Phi) is 5.03. The van der Waals surface area contributed by atoms with Gasteiger partial charge in [-0.1, -0.05) is 0 Å². The van der Waals surface area contributed by atoms with Gasteiger partial charge in [0.05, 0.1) is 0 Å². The first-order valence-electron chi connectivity index (χ1n) is 6.02. The van der Waals surface area contributed by atoms with Crippen LogP contribution < -0.4 is 5.32 Å². The normalized spacial score (nSPS) is 19.8. The summed E-state index contributed by atoms with van der Waals surface area (Å²) in [6, 6.07) is 0.723. The predicted octanol–water partition coefficient (Wildman–Crippen LogP) is 1.49. The van der Waals surface area contributed by atoms with Gasteiger partial charge in [0.1, 0.15) is 0 Å². The van der Waals surface area contributed by atoms with E-state index in [1.54, 1.807) is 0 Å². The molecule has 0 unspecified atom stereocenters. The molecule has 1 aliphatic heterocycles. The molecule has 1 N–H and O–H groups in total. The molecular formula is C12H26N2O. The van der Waals surface area contributed by atoms with Gasteiger partial charge >= 0.3 is 0 Å². The Morgan fingerprint density at radius 2 is 1.87 bits per heavy atom.